The van der Waals surface area contributed by atoms with Crippen LogP contribution in [0, 0.1) is 0 Å². The van der Waals surface area contributed by atoms with Crippen LogP contribution in [0.3, 0.4) is 0 Å². The molecule has 128 valence electrons. The molecule has 8 nitrogen and oxygen atoms in total. The molecule has 0 aliphatic rings. The largest absolute Gasteiger partial charge is 0.451 e. The fourth-order valence-corrected chi connectivity index (χ4v) is 2.48. The number of pyridine rings is 1. The second-order valence-electron chi connectivity index (χ2n) is 5.51. The van der Waals surface area contributed by atoms with E-state index in [2.05, 4.69) is 20.6 Å². The number of rotatable bonds is 4. The van der Waals surface area contributed by atoms with Crippen molar-refractivity contribution in [2.45, 2.75) is 6.54 Å². The minimum absolute atomic E-state index is 0.0461. The van der Waals surface area contributed by atoms with Crippen molar-refractivity contribution >= 4 is 16.9 Å². The van der Waals surface area contributed by atoms with Crippen LogP contribution in [0.25, 0.3) is 16.7 Å². The van der Waals surface area contributed by atoms with Crippen LogP contribution in [-0.4, -0.2) is 25.9 Å². The third kappa shape index (κ3) is 3.07. The standard InChI is InChI=1S/C18H13N5O3/c24-15-9-17(26-16-4-2-1-3-14(15)16)18(25)20-10-12-11-23(22-21-12)13-5-7-19-8-6-13/h1-9,11H,10H2,(H,20,25). The summed E-state index contributed by atoms with van der Waals surface area (Å²) in [5.74, 6) is -0.540. The summed E-state index contributed by atoms with van der Waals surface area (Å²) in [5.41, 5.74) is 1.48. The molecule has 8 heteroatoms. The lowest BCUT2D eigenvalue weighted by Gasteiger charge is -2.03. The zero-order chi connectivity index (χ0) is 17.9. The molecule has 0 spiro atoms. The van der Waals surface area contributed by atoms with Crippen molar-refractivity contribution in [1.29, 1.82) is 0 Å². The van der Waals surface area contributed by atoms with Crippen molar-refractivity contribution in [2.24, 2.45) is 0 Å². The summed E-state index contributed by atoms with van der Waals surface area (Å²) in [6.07, 6.45) is 5.01. The molecular formula is C18H13N5O3. The summed E-state index contributed by atoms with van der Waals surface area (Å²) in [5, 5.41) is 11.1. The first-order valence-corrected chi connectivity index (χ1v) is 7.83. The average molecular weight is 347 g/mol. The Balaban J connectivity index is 1.49. The van der Waals surface area contributed by atoms with Crippen molar-refractivity contribution in [3.63, 3.8) is 0 Å². The van der Waals surface area contributed by atoms with E-state index in [1.807, 2.05) is 0 Å². The molecule has 4 rings (SSSR count). The molecule has 0 saturated carbocycles. The smallest absolute Gasteiger partial charge is 0.287 e. The maximum Gasteiger partial charge on any atom is 0.287 e. The van der Waals surface area contributed by atoms with Gasteiger partial charge in [-0.2, -0.15) is 0 Å². The van der Waals surface area contributed by atoms with Gasteiger partial charge >= 0.3 is 0 Å². The minimum Gasteiger partial charge on any atom is -0.451 e. The topological polar surface area (TPSA) is 103 Å². The third-order valence-corrected chi connectivity index (χ3v) is 3.76. The zero-order valence-electron chi connectivity index (χ0n) is 13.5. The van der Waals surface area contributed by atoms with Crippen LogP contribution in [0.2, 0.25) is 0 Å². The normalized spacial score (nSPS) is 10.8. The molecule has 1 N–H and O–H groups in total. The zero-order valence-corrected chi connectivity index (χ0v) is 13.5. The van der Waals surface area contributed by atoms with E-state index >= 15 is 0 Å². The summed E-state index contributed by atoms with van der Waals surface area (Å²) in [4.78, 5) is 28.3. The predicted molar refractivity (Wildman–Crippen MR) is 92.8 cm³/mol. The Labute approximate surface area is 147 Å². The average Bonchev–Trinajstić information content (AvgIpc) is 3.16. The van der Waals surface area contributed by atoms with E-state index in [1.165, 1.54) is 6.07 Å². The van der Waals surface area contributed by atoms with E-state index in [0.29, 0.717) is 16.7 Å². The second-order valence-corrected chi connectivity index (χ2v) is 5.51. The number of hydrogen-bond acceptors (Lipinski definition) is 6. The Bertz CT molecular complexity index is 1130. The van der Waals surface area contributed by atoms with Crippen LogP contribution < -0.4 is 10.7 Å². The van der Waals surface area contributed by atoms with Gasteiger partial charge in [0.1, 0.15) is 11.3 Å². The number of aromatic nitrogens is 4. The molecule has 0 unspecified atom stereocenters. The van der Waals surface area contributed by atoms with Crippen molar-refractivity contribution < 1.29 is 9.21 Å². The number of amides is 1. The second kappa shape index (κ2) is 6.60. The molecule has 0 fully saturated rings. The Morgan fingerprint density at radius 3 is 2.81 bits per heavy atom. The fourth-order valence-electron chi connectivity index (χ4n) is 2.48. The lowest BCUT2D eigenvalue weighted by molar-refractivity contribution is 0.0923. The van der Waals surface area contributed by atoms with Crippen LogP contribution in [-0.2, 0) is 6.54 Å². The van der Waals surface area contributed by atoms with Gasteiger partial charge in [-0.15, -0.1) is 5.10 Å². The van der Waals surface area contributed by atoms with Gasteiger partial charge in [0.05, 0.1) is 23.8 Å². The highest BCUT2D eigenvalue weighted by molar-refractivity contribution is 5.93. The van der Waals surface area contributed by atoms with E-state index < -0.39 is 5.91 Å². The van der Waals surface area contributed by atoms with Crippen LogP contribution in [0.1, 0.15) is 16.2 Å². The predicted octanol–water partition coefficient (Wildman–Crippen LogP) is 1.70. The minimum atomic E-state index is -0.494. The molecule has 1 amide bonds. The quantitative estimate of drug-likeness (QED) is 0.603. The highest BCUT2D eigenvalue weighted by atomic mass is 16.3. The van der Waals surface area contributed by atoms with Gasteiger partial charge in [0, 0.05) is 18.5 Å². The van der Waals surface area contributed by atoms with E-state index in [9.17, 15) is 9.59 Å². The number of nitrogens with one attached hydrogen (secondary N) is 1. The molecule has 26 heavy (non-hydrogen) atoms. The van der Waals surface area contributed by atoms with Gasteiger partial charge in [0.15, 0.2) is 11.2 Å². The van der Waals surface area contributed by atoms with Crippen LogP contribution >= 0.6 is 0 Å². The van der Waals surface area contributed by atoms with Crippen molar-refractivity contribution in [3.05, 3.63) is 82.7 Å². The summed E-state index contributed by atoms with van der Waals surface area (Å²) >= 11 is 0. The Kier molecular flexibility index (Phi) is 3.98. The molecule has 0 aliphatic carbocycles. The molecule has 0 bridgehead atoms. The number of nitrogens with zero attached hydrogens (tertiary/aromatic N) is 4. The number of carbonyl (C=O) groups excluding carboxylic acids is 1. The molecule has 0 radical (unpaired) electrons. The van der Waals surface area contributed by atoms with Crippen LogP contribution in [0.4, 0.5) is 0 Å². The molecule has 3 aromatic heterocycles. The van der Waals surface area contributed by atoms with Gasteiger partial charge in [-0.05, 0) is 24.3 Å². The SMILES string of the molecule is O=C(NCc1cn(-c2ccncc2)nn1)c1cc(=O)c2ccccc2o1. The Morgan fingerprint density at radius 1 is 1.15 bits per heavy atom. The molecule has 3 heterocycles. The molecular weight excluding hydrogens is 334 g/mol. The first-order valence-electron chi connectivity index (χ1n) is 7.83. The van der Waals surface area contributed by atoms with E-state index in [-0.39, 0.29) is 17.7 Å². The van der Waals surface area contributed by atoms with Gasteiger partial charge in [0.2, 0.25) is 0 Å². The number of hydrogen-bond donors (Lipinski definition) is 1. The maximum absolute atomic E-state index is 12.3. The maximum atomic E-state index is 12.3. The van der Waals surface area contributed by atoms with Gasteiger partial charge < -0.3 is 9.73 Å². The summed E-state index contributed by atoms with van der Waals surface area (Å²) in [6, 6.07) is 11.6. The monoisotopic (exact) mass is 347 g/mol. The number of fused-ring (bicyclic) bond motifs is 1. The number of carbonyl (C=O) groups is 1. The third-order valence-electron chi connectivity index (χ3n) is 3.76. The van der Waals surface area contributed by atoms with Gasteiger partial charge in [-0.25, -0.2) is 4.68 Å². The highest BCUT2D eigenvalue weighted by Crippen LogP contribution is 2.11. The van der Waals surface area contributed by atoms with Crippen molar-refractivity contribution in [1.82, 2.24) is 25.3 Å². The van der Waals surface area contributed by atoms with Gasteiger partial charge in [-0.1, -0.05) is 17.3 Å². The van der Waals surface area contributed by atoms with Crippen LogP contribution in [0.5, 0.6) is 0 Å². The molecule has 0 atom stereocenters. The Hall–Kier alpha value is -3.81. The summed E-state index contributed by atoms with van der Waals surface area (Å²) in [7, 11) is 0. The lowest BCUT2D eigenvalue weighted by Crippen LogP contribution is -2.24. The molecule has 4 aromatic rings. The first kappa shape index (κ1) is 15.7. The fraction of sp³-hybridized carbons (Fsp3) is 0.0556. The summed E-state index contributed by atoms with van der Waals surface area (Å²) in [6.45, 7) is 0.153. The van der Waals surface area contributed by atoms with Crippen LogP contribution in [0.15, 0.2) is 70.3 Å². The van der Waals surface area contributed by atoms with Gasteiger partial charge in [0.25, 0.3) is 5.91 Å². The molecule has 1 aromatic carbocycles. The Morgan fingerprint density at radius 2 is 1.96 bits per heavy atom. The lowest BCUT2D eigenvalue weighted by atomic mass is 10.2. The van der Waals surface area contributed by atoms with Gasteiger partial charge in [-0.3, -0.25) is 14.6 Å². The van der Waals surface area contributed by atoms with E-state index in [0.717, 1.165) is 5.69 Å². The van der Waals surface area contributed by atoms with E-state index in [1.54, 1.807) is 59.7 Å². The van der Waals surface area contributed by atoms with Crippen molar-refractivity contribution in [3.8, 4) is 5.69 Å². The summed E-state index contributed by atoms with van der Waals surface area (Å²) < 4.78 is 7.09. The number of para-hydroxylation sites is 1. The van der Waals surface area contributed by atoms with E-state index in [4.69, 9.17) is 4.42 Å². The van der Waals surface area contributed by atoms with Crippen molar-refractivity contribution in [2.75, 3.05) is 0 Å². The molecule has 0 saturated heterocycles. The number of benzene rings is 1. The first-order chi connectivity index (χ1) is 12.7. The highest BCUT2D eigenvalue weighted by Gasteiger charge is 2.13. The molecule has 0 aliphatic heterocycles.